The fourth-order valence-corrected chi connectivity index (χ4v) is 2.72. The maximum absolute atomic E-state index is 12.1. The molecule has 1 aromatic carbocycles. The molecule has 1 saturated carbocycles. The quantitative estimate of drug-likeness (QED) is 0.686. The Balaban J connectivity index is 2.12. The number of benzene rings is 1. The second-order valence-electron chi connectivity index (χ2n) is 4.94. The van der Waals surface area contributed by atoms with Gasteiger partial charge in [-0.2, -0.15) is 0 Å². The van der Waals surface area contributed by atoms with E-state index in [0.717, 1.165) is 5.56 Å². The average Bonchev–Trinajstić information content (AvgIpc) is 2.90. The lowest BCUT2D eigenvalue weighted by Gasteiger charge is -2.02. The fraction of sp³-hybridized carbons (Fsp3) is 0.500. The normalized spacial score (nSPS) is 29.2. The highest BCUT2D eigenvalue weighted by Crippen LogP contribution is 2.52. The Bertz CT molecular complexity index is 353. The van der Waals surface area contributed by atoms with Gasteiger partial charge in [0.25, 0.3) is 0 Å². The van der Waals surface area contributed by atoms with Crippen LogP contribution in [-0.4, -0.2) is 5.78 Å². The summed E-state index contributed by atoms with van der Waals surface area (Å²) in [4.78, 5) is 12.1. The average molecular weight is 202 g/mol. The van der Waals surface area contributed by atoms with Crippen LogP contribution in [-0.2, 0) is 0 Å². The molecule has 0 N–H and O–H groups in total. The van der Waals surface area contributed by atoms with Crippen LogP contribution in [0.25, 0.3) is 0 Å². The maximum atomic E-state index is 12.1. The topological polar surface area (TPSA) is 17.1 Å². The predicted octanol–water partition coefficient (Wildman–Crippen LogP) is 3.41. The lowest BCUT2D eigenvalue weighted by atomic mass is 10.0. The van der Waals surface area contributed by atoms with Crippen molar-refractivity contribution in [3.8, 4) is 0 Å². The summed E-state index contributed by atoms with van der Waals surface area (Å²) in [6.07, 6.45) is 0. The van der Waals surface area contributed by atoms with E-state index in [9.17, 15) is 4.79 Å². The number of hydrogen-bond donors (Lipinski definition) is 0. The van der Waals surface area contributed by atoms with Gasteiger partial charge in [0.05, 0.1) is 0 Å². The second-order valence-corrected chi connectivity index (χ2v) is 4.94. The molecule has 0 unspecified atom stereocenters. The van der Waals surface area contributed by atoms with E-state index in [4.69, 9.17) is 0 Å². The first-order valence-corrected chi connectivity index (χ1v) is 5.72. The largest absolute Gasteiger partial charge is 0.294 e. The third-order valence-corrected chi connectivity index (χ3v) is 3.58. The first-order valence-electron chi connectivity index (χ1n) is 5.72. The molecule has 0 radical (unpaired) electrons. The zero-order valence-corrected chi connectivity index (χ0v) is 9.60. The molecule has 0 heterocycles. The van der Waals surface area contributed by atoms with Gasteiger partial charge in [-0.15, -0.1) is 0 Å². The highest BCUT2D eigenvalue weighted by molar-refractivity contribution is 5.99. The van der Waals surface area contributed by atoms with E-state index in [2.05, 4.69) is 20.8 Å². The minimum absolute atomic E-state index is 0.271. The van der Waals surface area contributed by atoms with Gasteiger partial charge in [-0.3, -0.25) is 4.79 Å². The summed E-state index contributed by atoms with van der Waals surface area (Å²) in [5.74, 6) is 2.39. The van der Waals surface area contributed by atoms with Gasteiger partial charge in [0, 0.05) is 11.5 Å². The van der Waals surface area contributed by atoms with Crippen molar-refractivity contribution >= 4 is 5.78 Å². The Labute approximate surface area is 91.5 Å². The first kappa shape index (κ1) is 10.4. The molecule has 0 spiro atoms. The molecule has 3 atom stereocenters. The van der Waals surface area contributed by atoms with Crippen molar-refractivity contribution in [3.05, 3.63) is 35.9 Å². The molecule has 0 aliphatic heterocycles. The van der Waals surface area contributed by atoms with Crippen LogP contribution < -0.4 is 0 Å². The first-order chi connectivity index (χ1) is 7.13. The molecule has 0 aromatic heterocycles. The van der Waals surface area contributed by atoms with Gasteiger partial charge in [-0.25, -0.2) is 0 Å². The number of ketones is 1. The van der Waals surface area contributed by atoms with Crippen LogP contribution in [0, 0.1) is 23.7 Å². The van der Waals surface area contributed by atoms with Crippen molar-refractivity contribution in [2.45, 2.75) is 20.8 Å². The molecule has 1 aliphatic rings. The monoisotopic (exact) mass is 202 g/mol. The second kappa shape index (κ2) is 3.80. The van der Waals surface area contributed by atoms with Crippen LogP contribution in [0.5, 0.6) is 0 Å². The Kier molecular flexibility index (Phi) is 2.64. The van der Waals surface area contributed by atoms with E-state index in [0.29, 0.717) is 23.5 Å². The summed E-state index contributed by atoms with van der Waals surface area (Å²) < 4.78 is 0. The third-order valence-electron chi connectivity index (χ3n) is 3.58. The Morgan fingerprint density at radius 2 is 1.80 bits per heavy atom. The van der Waals surface area contributed by atoms with Crippen molar-refractivity contribution in [1.29, 1.82) is 0 Å². The van der Waals surface area contributed by atoms with Crippen LogP contribution in [0.4, 0.5) is 0 Å². The van der Waals surface area contributed by atoms with Crippen LogP contribution in [0.1, 0.15) is 31.1 Å². The van der Waals surface area contributed by atoms with Crippen molar-refractivity contribution in [2.75, 3.05) is 0 Å². The molecule has 1 aliphatic carbocycles. The number of carbonyl (C=O) groups is 1. The van der Waals surface area contributed by atoms with Gasteiger partial charge in [-0.1, -0.05) is 51.1 Å². The van der Waals surface area contributed by atoms with E-state index in [-0.39, 0.29) is 5.92 Å². The Morgan fingerprint density at radius 3 is 2.27 bits per heavy atom. The molecule has 2 rings (SSSR count). The summed E-state index contributed by atoms with van der Waals surface area (Å²) in [6.45, 7) is 6.61. The van der Waals surface area contributed by atoms with E-state index in [1.165, 1.54) is 0 Å². The number of carbonyl (C=O) groups excluding carboxylic acids is 1. The van der Waals surface area contributed by atoms with Gasteiger partial charge >= 0.3 is 0 Å². The molecule has 0 bridgehead atoms. The summed E-state index contributed by atoms with van der Waals surface area (Å²) in [6, 6.07) is 9.66. The predicted molar refractivity (Wildman–Crippen MR) is 61.8 cm³/mol. The van der Waals surface area contributed by atoms with Gasteiger partial charge in [0.1, 0.15) is 0 Å². The standard InChI is InChI=1S/C14H18O/c1-9(2)12-10(3)13(12)14(15)11-7-5-4-6-8-11/h4-10,12-13H,1-3H3/t10-,12+,13+/m1/s1. The number of Topliss-reactive ketones (excluding diaryl/α,β-unsaturated/α-hetero) is 1. The minimum Gasteiger partial charge on any atom is -0.294 e. The van der Waals surface area contributed by atoms with Crippen molar-refractivity contribution < 1.29 is 4.79 Å². The third kappa shape index (κ3) is 1.83. The van der Waals surface area contributed by atoms with Gasteiger partial charge < -0.3 is 0 Å². The molecular formula is C14H18O. The Morgan fingerprint density at radius 1 is 1.20 bits per heavy atom. The van der Waals surface area contributed by atoms with Crippen molar-refractivity contribution in [1.82, 2.24) is 0 Å². The van der Waals surface area contributed by atoms with Crippen LogP contribution >= 0.6 is 0 Å². The molecule has 1 aromatic rings. The van der Waals surface area contributed by atoms with E-state index < -0.39 is 0 Å². The van der Waals surface area contributed by atoms with Gasteiger partial charge in [0.15, 0.2) is 5.78 Å². The smallest absolute Gasteiger partial charge is 0.166 e. The van der Waals surface area contributed by atoms with Crippen molar-refractivity contribution in [3.63, 3.8) is 0 Å². The lowest BCUT2D eigenvalue weighted by molar-refractivity contribution is 0.0954. The maximum Gasteiger partial charge on any atom is 0.166 e. The van der Waals surface area contributed by atoms with Crippen LogP contribution in [0.2, 0.25) is 0 Å². The summed E-state index contributed by atoms with van der Waals surface area (Å²) in [7, 11) is 0. The molecule has 1 fully saturated rings. The van der Waals surface area contributed by atoms with Crippen LogP contribution in [0.3, 0.4) is 0 Å². The summed E-state index contributed by atoms with van der Waals surface area (Å²) in [5, 5.41) is 0. The Hall–Kier alpha value is -1.11. The highest BCUT2D eigenvalue weighted by Gasteiger charge is 2.52. The SMILES string of the molecule is CC(C)[C@H]1[C@@H](C)[C@@H]1C(=O)c1ccccc1. The molecule has 1 heteroatoms. The van der Waals surface area contributed by atoms with Crippen LogP contribution in [0.15, 0.2) is 30.3 Å². The number of rotatable bonds is 3. The van der Waals surface area contributed by atoms with E-state index >= 15 is 0 Å². The lowest BCUT2D eigenvalue weighted by Crippen LogP contribution is -2.05. The molecule has 0 saturated heterocycles. The fourth-order valence-electron chi connectivity index (χ4n) is 2.72. The van der Waals surface area contributed by atoms with E-state index in [1.807, 2.05) is 30.3 Å². The highest BCUT2D eigenvalue weighted by atomic mass is 16.1. The number of hydrogen-bond acceptors (Lipinski definition) is 1. The zero-order chi connectivity index (χ0) is 11.0. The van der Waals surface area contributed by atoms with Gasteiger partial charge in [0.2, 0.25) is 0 Å². The van der Waals surface area contributed by atoms with E-state index in [1.54, 1.807) is 0 Å². The van der Waals surface area contributed by atoms with Gasteiger partial charge in [-0.05, 0) is 17.8 Å². The minimum atomic E-state index is 0.271. The molecule has 1 nitrogen and oxygen atoms in total. The summed E-state index contributed by atoms with van der Waals surface area (Å²) >= 11 is 0. The summed E-state index contributed by atoms with van der Waals surface area (Å²) in [5.41, 5.74) is 0.873. The molecule has 15 heavy (non-hydrogen) atoms. The molecule has 80 valence electrons. The zero-order valence-electron chi connectivity index (χ0n) is 9.60. The molecule has 0 amide bonds. The molecular weight excluding hydrogens is 184 g/mol. The van der Waals surface area contributed by atoms with Crippen molar-refractivity contribution in [2.24, 2.45) is 23.7 Å².